The summed E-state index contributed by atoms with van der Waals surface area (Å²) in [6.45, 7) is 1.75. The van der Waals surface area contributed by atoms with Gasteiger partial charge in [0.05, 0.1) is 6.10 Å². The maximum absolute atomic E-state index is 13.1. The Bertz CT molecular complexity index is 714. The number of carbonyl (C=O) groups is 1. The van der Waals surface area contributed by atoms with E-state index >= 15 is 0 Å². The molecule has 1 saturated heterocycles. The first kappa shape index (κ1) is 17.4. The second-order valence-corrected chi connectivity index (χ2v) is 6.11. The van der Waals surface area contributed by atoms with Gasteiger partial charge in [-0.05, 0) is 55.2 Å². The van der Waals surface area contributed by atoms with Crippen molar-refractivity contribution >= 4 is 5.91 Å². The number of amides is 1. The molecule has 132 valence electrons. The molecule has 0 aliphatic carbocycles. The van der Waals surface area contributed by atoms with E-state index in [1.54, 1.807) is 24.3 Å². The molecule has 1 N–H and O–H groups in total. The van der Waals surface area contributed by atoms with Crippen LogP contribution in [0.3, 0.4) is 0 Å². The van der Waals surface area contributed by atoms with Crippen molar-refractivity contribution in [1.29, 1.82) is 0 Å². The Kier molecular flexibility index (Phi) is 6.01. The predicted molar refractivity (Wildman–Crippen MR) is 93.3 cm³/mol. The SMILES string of the molecule is O=C(NCCc1cccc(F)c1)c1cccc(OCC2CCCO2)c1. The lowest BCUT2D eigenvalue weighted by Gasteiger charge is -2.12. The van der Waals surface area contributed by atoms with Crippen molar-refractivity contribution in [3.8, 4) is 5.75 Å². The minimum atomic E-state index is -0.264. The van der Waals surface area contributed by atoms with Crippen LogP contribution in [-0.2, 0) is 11.2 Å². The average Bonchev–Trinajstić information content (AvgIpc) is 3.14. The van der Waals surface area contributed by atoms with Crippen LogP contribution in [-0.4, -0.2) is 31.8 Å². The highest BCUT2D eigenvalue weighted by Crippen LogP contribution is 2.17. The van der Waals surface area contributed by atoms with Crippen molar-refractivity contribution in [3.05, 3.63) is 65.5 Å². The smallest absolute Gasteiger partial charge is 0.251 e. The maximum Gasteiger partial charge on any atom is 0.251 e. The van der Waals surface area contributed by atoms with E-state index in [-0.39, 0.29) is 17.8 Å². The Labute approximate surface area is 147 Å². The third-order valence-electron chi connectivity index (χ3n) is 4.14. The minimum Gasteiger partial charge on any atom is -0.491 e. The lowest BCUT2D eigenvalue weighted by atomic mass is 10.1. The second-order valence-electron chi connectivity index (χ2n) is 6.11. The number of hydrogen-bond acceptors (Lipinski definition) is 3. The fourth-order valence-corrected chi connectivity index (χ4v) is 2.81. The largest absolute Gasteiger partial charge is 0.491 e. The lowest BCUT2D eigenvalue weighted by Crippen LogP contribution is -2.25. The van der Waals surface area contributed by atoms with Crippen LogP contribution in [0, 0.1) is 5.82 Å². The zero-order valence-corrected chi connectivity index (χ0v) is 14.0. The van der Waals surface area contributed by atoms with Crippen LogP contribution in [0.2, 0.25) is 0 Å². The van der Waals surface area contributed by atoms with E-state index in [9.17, 15) is 9.18 Å². The summed E-state index contributed by atoms with van der Waals surface area (Å²) in [5.74, 6) is 0.229. The monoisotopic (exact) mass is 343 g/mol. The van der Waals surface area contributed by atoms with Crippen LogP contribution in [0.25, 0.3) is 0 Å². The van der Waals surface area contributed by atoms with Crippen molar-refractivity contribution in [1.82, 2.24) is 5.32 Å². The number of carbonyl (C=O) groups excluding carboxylic acids is 1. The van der Waals surface area contributed by atoms with Gasteiger partial charge >= 0.3 is 0 Å². The normalized spacial score (nSPS) is 16.6. The minimum absolute atomic E-state index is 0.142. The fraction of sp³-hybridized carbons (Fsp3) is 0.350. The van der Waals surface area contributed by atoms with E-state index in [1.807, 2.05) is 12.1 Å². The first-order chi connectivity index (χ1) is 12.2. The summed E-state index contributed by atoms with van der Waals surface area (Å²) in [5.41, 5.74) is 1.40. The Hall–Kier alpha value is -2.40. The predicted octanol–water partition coefficient (Wildman–Crippen LogP) is 3.36. The zero-order valence-electron chi connectivity index (χ0n) is 14.0. The standard InChI is InChI=1S/C20H22FNO3/c21-17-6-1-4-15(12-17)9-10-22-20(23)16-5-2-7-18(13-16)25-14-19-8-3-11-24-19/h1-2,4-7,12-13,19H,3,8-11,14H2,(H,22,23). The van der Waals surface area contributed by atoms with E-state index in [4.69, 9.17) is 9.47 Å². The van der Waals surface area contributed by atoms with E-state index in [1.165, 1.54) is 12.1 Å². The molecular weight excluding hydrogens is 321 g/mol. The number of hydrogen-bond donors (Lipinski definition) is 1. The number of ether oxygens (including phenoxy) is 2. The summed E-state index contributed by atoms with van der Waals surface area (Å²) < 4.78 is 24.4. The molecule has 0 saturated carbocycles. The molecule has 0 radical (unpaired) electrons. The molecule has 2 aromatic carbocycles. The van der Waals surface area contributed by atoms with Crippen LogP contribution in [0.15, 0.2) is 48.5 Å². The molecule has 1 amide bonds. The quantitative estimate of drug-likeness (QED) is 0.839. The molecule has 3 rings (SSSR count). The highest BCUT2D eigenvalue weighted by molar-refractivity contribution is 5.94. The molecule has 5 heteroatoms. The summed E-state index contributed by atoms with van der Waals surface area (Å²) in [6, 6.07) is 13.5. The Balaban J connectivity index is 1.48. The fourth-order valence-electron chi connectivity index (χ4n) is 2.81. The molecule has 1 aliphatic heterocycles. The van der Waals surface area contributed by atoms with Gasteiger partial charge in [0.15, 0.2) is 0 Å². The molecule has 4 nitrogen and oxygen atoms in total. The number of benzene rings is 2. The van der Waals surface area contributed by atoms with Gasteiger partial charge in [-0.15, -0.1) is 0 Å². The summed E-state index contributed by atoms with van der Waals surface area (Å²) in [4.78, 5) is 12.2. The van der Waals surface area contributed by atoms with E-state index in [0.29, 0.717) is 30.9 Å². The first-order valence-electron chi connectivity index (χ1n) is 8.58. The van der Waals surface area contributed by atoms with Crippen molar-refractivity contribution in [2.24, 2.45) is 0 Å². The van der Waals surface area contributed by atoms with Crippen LogP contribution in [0.4, 0.5) is 4.39 Å². The summed E-state index contributed by atoms with van der Waals surface area (Å²) in [5, 5.41) is 2.85. The Morgan fingerprint density at radius 3 is 2.92 bits per heavy atom. The van der Waals surface area contributed by atoms with Gasteiger partial charge in [0.2, 0.25) is 0 Å². The van der Waals surface area contributed by atoms with Gasteiger partial charge in [0, 0.05) is 18.7 Å². The van der Waals surface area contributed by atoms with Crippen molar-refractivity contribution in [3.63, 3.8) is 0 Å². The second kappa shape index (κ2) is 8.62. The third kappa shape index (κ3) is 5.29. The average molecular weight is 343 g/mol. The van der Waals surface area contributed by atoms with Gasteiger partial charge in [-0.25, -0.2) is 4.39 Å². The highest BCUT2D eigenvalue weighted by Gasteiger charge is 2.16. The summed E-state index contributed by atoms with van der Waals surface area (Å²) in [6.07, 6.45) is 2.81. The molecule has 25 heavy (non-hydrogen) atoms. The van der Waals surface area contributed by atoms with Crippen LogP contribution >= 0.6 is 0 Å². The van der Waals surface area contributed by atoms with Crippen LogP contribution in [0.5, 0.6) is 5.75 Å². The number of halogens is 1. The maximum atomic E-state index is 13.1. The molecule has 0 spiro atoms. The van der Waals surface area contributed by atoms with Crippen LogP contribution < -0.4 is 10.1 Å². The zero-order chi connectivity index (χ0) is 17.5. The van der Waals surface area contributed by atoms with E-state index < -0.39 is 0 Å². The molecular formula is C20H22FNO3. The van der Waals surface area contributed by atoms with E-state index in [2.05, 4.69) is 5.32 Å². The Morgan fingerprint density at radius 1 is 1.24 bits per heavy atom. The molecule has 1 aliphatic rings. The van der Waals surface area contributed by atoms with Crippen LogP contribution in [0.1, 0.15) is 28.8 Å². The topological polar surface area (TPSA) is 47.6 Å². The molecule has 0 bridgehead atoms. The number of rotatable bonds is 7. The molecule has 1 fully saturated rings. The summed E-state index contributed by atoms with van der Waals surface area (Å²) >= 11 is 0. The van der Waals surface area contributed by atoms with Gasteiger partial charge in [-0.1, -0.05) is 18.2 Å². The van der Waals surface area contributed by atoms with Gasteiger partial charge in [-0.2, -0.15) is 0 Å². The van der Waals surface area contributed by atoms with Gasteiger partial charge < -0.3 is 14.8 Å². The van der Waals surface area contributed by atoms with Gasteiger partial charge in [0.25, 0.3) is 5.91 Å². The van der Waals surface area contributed by atoms with E-state index in [0.717, 1.165) is 25.0 Å². The van der Waals surface area contributed by atoms with Gasteiger partial charge in [-0.3, -0.25) is 4.79 Å². The van der Waals surface area contributed by atoms with Gasteiger partial charge in [0.1, 0.15) is 18.2 Å². The molecule has 2 aromatic rings. The molecule has 1 heterocycles. The molecule has 1 unspecified atom stereocenters. The van der Waals surface area contributed by atoms with Crippen molar-refractivity contribution in [2.75, 3.05) is 19.8 Å². The van der Waals surface area contributed by atoms with Crippen molar-refractivity contribution < 1.29 is 18.7 Å². The Morgan fingerprint density at radius 2 is 2.12 bits per heavy atom. The lowest BCUT2D eigenvalue weighted by molar-refractivity contribution is 0.0679. The summed E-state index contributed by atoms with van der Waals surface area (Å²) in [7, 11) is 0. The molecule has 1 atom stereocenters. The number of nitrogens with one attached hydrogen (secondary N) is 1. The molecule has 0 aromatic heterocycles. The third-order valence-corrected chi connectivity index (χ3v) is 4.14. The van der Waals surface area contributed by atoms with Crippen molar-refractivity contribution in [2.45, 2.75) is 25.4 Å². The first-order valence-corrected chi connectivity index (χ1v) is 8.58. The highest BCUT2D eigenvalue weighted by atomic mass is 19.1.